The lowest BCUT2D eigenvalue weighted by Crippen LogP contribution is -2.12. The summed E-state index contributed by atoms with van der Waals surface area (Å²) in [6, 6.07) is 9.26. The van der Waals surface area contributed by atoms with Crippen LogP contribution in [0.25, 0.3) is 22.2 Å². The van der Waals surface area contributed by atoms with E-state index in [2.05, 4.69) is 20.4 Å². The molecule has 26 heavy (non-hydrogen) atoms. The Morgan fingerprint density at radius 2 is 2.15 bits per heavy atom. The molecule has 4 heterocycles. The molecule has 0 spiro atoms. The van der Waals surface area contributed by atoms with E-state index in [1.165, 1.54) is 11.3 Å². The lowest BCUT2D eigenvalue weighted by molar-refractivity contribution is 0.102. The summed E-state index contributed by atoms with van der Waals surface area (Å²) in [7, 11) is 1.79. The van der Waals surface area contributed by atoms with Crippen LogP contribution in [-0.4, -0.2) is 25.7 Å². The van der Waals surface area contributed by atoms with Gasteiger partial charge in [0.15, 0.2) is 10.8 Å². The number of nitrogens with one attached hydrogen (secondary N) is 1. The molecule has 0 aliphatic heterocycles. The third-order valence-corrected chi connectivity index (χ3v) is 4.53. The normalized spacial score (nSPS) is 10.8. The van der Waals surface area contributed by atoms with E-state index in [9.17, 15) is 4.79 Å². The Morgan fingerprint density at radius 3 is 2.88 bits per heavy atom. The number of carbonyl (C=O) groups excluding carboxylic acids is 1. The Kier molecular flexibility index (Phi) is 4.10. The van der Waals surface area contributed by atoms with E-state index >= 15 is 0 Å². The van der Waals surface area contributed by atoms with Gasteiger partial charge in [0.25, 0.3) is 5.91 Å². The van der Waals surface area contributed by atoms with Gasteiger partial charge in [0, 0.05) is 24.8 Å². The zero-order valence-corrected chi connectivity index (χ0v) is 14.9. The lowest BCUT2D eigenvalue weighted by Gasteiger charge is -2.03. The highest BCUT2D eigenvalue weighted by Crippen LogP contribution is 2.27. The van der Waals surface area contributed by atoms with Gasteiger partial charge in [-0.15, -0.1) is 11.3 Å². The third kappa shape index (κ3) is 3.14. The van der Waals surface area contributed by atoms with Gasteiger partial charge < -0.3 is 9.73 Å². The number of hydrogen-bond acceptors (Lipinski definition) is 6. The van der Waals surface area contributed by atoms with Gasteiger partial charge in [-0.05, 0) is 31.2 Å². The molecule has 8 heteroatoms. The van der Waals surface area contributed by atoms with Crippen molar-refractivity contribution in [3.05, 3.63) is 59.6 Å². The summed E-state index contributed by atoms with van der Waals surface area (Å²) in [5.41, 5.74) is 2.21. The number of pyridine rings is 1. The Labute approximate surface area is 153 Å². The Morgan fingerprint density at radius 1 is 1.27 bits per heavy atom. The predicted octanol–water partition coefficient (Wildman–Crippen LogP) is 3.76. The summed E-state index contributed by atoms with van der Waals surface area (Å²) in [6.45, 7) is 1.87. The molecule has 0 bridgehead atoms. The molecule has 4 aromatic rings. The molecule has 0 aromatic carbocycles. The van der Waals surface area contributed by atoms with Crippen molar-refractivity contribution in [3.63, 3.8) is 0 Å². The van der Waals surface area contributed by atoms with Gasteiger partial charge in [-0.3, -0.25) is 14.5 Å². The minimum atomic E-state index is -0.305. The molecule has 130 valence electrons. The van der Waals surface area contributed by atoms with Crippen LogP contribution in [0.3, 0.4) is 0 Å². The lowest BCUT2D eigenvalue weighted by atomic mass is 10.2. The maximum Gasteiger partial charge on any atom is 0.275 e. The highest BCUT2D eigenvalue weighted by Gasteiger charge is 2.18. The molecular weight excluding hydrogens is 350 g/mol. The number of nitrogens with zero attached hydrogens (tertiary/aromatic N) is 4. The fraction of sp³-hybridized carbons (Fsp3) is 0.111. The summed E-state index contributed by atoms with van der Waals surface area (Å²) in [4.78, 5) is 21.3. The van der Waals surface area contributed by atoms with Crippen LogP contribution in [0.2, 0.25) is 0 Å². The van der Waals surface area contributed by atoms with E-state index < -0.39 is 0 Å². The largest absolute Gasteiger partial charge is 0.459 e. The molecule has 1 amide bonds. The van der Waals surface area contributed by atoms with Crippen LogP contribution in [0, 0.1) is 6.92 Å². The van der Waals surface area contributed by atoms with Crippen LogP contribution in [0.4, 0.5) is 5.69 Å². The van der Waals surface area contributed by atoms with Crippen molar-refractivity contribution < 1.29 is 9.21 Å². The third-order valence-electron chi connectivity index (χ3n) is 3.67. The number of hydrogen-bond donors (Lipinski definition) is 1. The van der Waals surface area contributed by atoms with Gasteiger partial charge in [-0.1, -0.05) is 6.07 Å². The average molecular weight is 365 g/mol. The minimum Gasteiger partial charge on any atom is -0.459 e. The molecule has 0 atom stereocenters. The molecule has 0 aliphatic rings. The van der Waals surface area contributed by atoms with Crippen molar-refractivity contribution in [2.75, 3.05) is 5.32 Å². The number of anilines is 1. The quantitative estimate of drug-likeness (QED) is 0.595. The summed E-state index contributed by atoms with van der Waals surface area (Å²) >= 11 is 1.36. The van der Waals surface area contributed by atoms with Gasteiger partial charge in [0.05, 0.1) is 11.4 Å². The SMILES string of the molecule is Cc1ccc(-c2nc(C(=O)Nc3cn(C)nc3-c3ccccn3)cs2)o1. The number of rotatable bonds is 4. The van der Waals surface area contributed by atoms with Crippen LogP contribution in [-0.2, 0) is 7.05 Å². The summed E-state index contributed by atoms with van der Waals surface area (Å²) in [6.07, 6.45) is 3.43. The molecule has 4 rings (SSSR count). The highest BCUT2D eigenvalue weighted by atomic mass is 32.1. The number of carbonyl (C=O) groups is 1. The summed E-state index contributed by atoms with van der Waals surface area (Å²) in [5.74, 6) is 1.15. The fourth-order valence-corrected chi connectivity index (χ4v) is 3.26. The van der Waals surface area contributed by atoms with E-state index in [1.807, 2.05) is 37.3 Å². The summed E-state index contributed by atoms with van der Waals surface area (Å²) < 4.78 is 7.19. The maximum absolute atomic E-state index is 12.6. The monoisotopic (exact) mass is 365 g/mol. The standard InChI is InChI=1S/C18H15N5O2S/c1-11-6-7-15(25-11)18-21-14(10-26-18)17(24)20-13-9-23(2)22-16(13)12-5-3-4-8-19-12/h3-10H,1-2H3,(H,20,24). The van der Waals surface area contributed by atoms with E-state index in [1.54, 1.807) is 29.5 Å². The molecule has 7 nitrogen and oxygen atoms in total. The number of aryl methyl sites for hydroxylation is 2. The number of thiazole rings is 1. The van der Waals surface area contributed by atoms with E-state index in [-0.39, 0.29) is 5.91 Å². The molecule has 4 aromatic heterocycles. The van der Waals surface area contributed by atoms with Gasteiger partial charge >= 0.3 is 0 Å². The summed E-state index contributed by atoms with van der Waals surface area (Å²) in [5, 5.41) is 9.63. The first-order valence-corrected chi connectivity index (χ1v) is 8.77. The Bertz CT molecular complexity index is 1060. The van der Waals surface area contributed by atoms with Gasteiger partial charge in [0.2, 0.25) is 0 Å². The molecule has 0 saturated carbocycles. The van der Waals surface area contributed by atoms with Crippen molar-refractivity contribution in [2.24, 2.45) is 7.05 Å². The van der Waals surface area contributed by atoms with Crippen molar-refractivity contribution >= 4 is 22.9 Å². The van der Waals surface area contributed by atoms with Crippen molar-refractivity contribution in [2.45, 2.75) is 6.92 Å². The zero-order valence-electron chi connectivity index (χ0n) is 14.1. The van der Waals surface area contributed by atoms with Gasteiger partial charge in [-0.25, -0.2) is 4.98 Å². The second-order valence-corrected chi connectivity index (χ2v) is 6.54. The minimum absolute atomic E-state index is 0.305. The Balaban J connectivity index is 1.59. The number of furan rings is 1. The van der Waals surface area contributed by atoms with Gasteiger partial charge in [0.1, 0.15) is 17.1 Å². The van der Waals surface area contributed by atoms with Crippen molar-refractivity contribution in [3.8, 4) is 22.2 Å². The van der Waals surface area contributed by atoms with Crippen LogP contribution >= 0.6 is 11.3 Å². The van der Waals surface area contributed by atoms with Crippen molar-refractivity contribution in [1.82, 2.24) is 19.7 Å². The fourth-order valence-electron chi connectivity index (χ4n) is 2.50. The molecule has 1 N–H and O–H groups in total. The van der Waals surface area contributed by atoms with Crippen molar-refractivity contribution in [1.29, 1.82) is 0 Å². The zero-order chi connectivity index (χ0) is 18.1. The molecular formula is C18H15N5O2S. The second-order valence-electron chi connectivity index (χ2n) is 5.68. The second kappa shape index (κ2) is 6.57. The molecule has 0 saturated heterocycles. The molecule has 0 radical (unpaired) electrons. The van der Waals surface area contributed by atoms with E-state index in [0.717, 1.165) is 5.76 Å². The number of amides is 1. The smallest absolute Gasteiger partial charge is 0.275 e. The van der Waals surface area contributed by atoms with E-state index in [4.69, 9.17) is 4.42 Å². The highest BCUT2D eigenvalue weighted by molar-refractivity contribution is 7.13. The maximum atomic E-state index is 12.6. The Hall–Kier alpha value is -3.26. The van der Waals surface area contributed by atoms with Crippen LogP contribution in [0.1, 0.15) is 16.2 Å². The molecule has 0 unspecified atom stereocenters. The number of aromatic nitrogens is 4. The molecule has 0 fully saturated rings. The average Bonchev–Trinajstić information content (AvgIpc) is 3.35. The first-order chi connectivity index (χ1) is 12.6. The predicted molar refractivity (Wildman–Crippen MR) is 98.9 cm³/mol. The van der Waals surface area contributed by atoms with Gasteiger partial charge in [-0.2, -0.15) is 5.10 Å². The first kappa shape index (κ1) is 16.2. The van der Waals surface area contributed by atoms with Crippen LogP contribution in [0.15, 0.2) is 52.5 Å². The molecule has 0 aliphatic carbocycles. The topological polar surface area (TPSA) is 85.8 Å². The van der Waals surface area contributed by atoms with Crippen LogP contribution < -0.4 is 5.32 Å². The van der Waals surface area contributed by atoms with Crippen LogP contribution in [0.5, 0.6) is 0 Å². The van der Waals surface area contributed by atoms with E-state index in [0.29, 0.717) is 33.5 Å². The first-order valence-electron chi connectivity index (χ1n) is 7.89.